The molecule has 0 aromatic heterocycles. The highest BCUT2D eigenvalue weighted by Gasteiger charge is 2.27. The molecule has 0 radical (unpaired) electrons. The van der Waals surface area contributed by atoms with Crippen LogP contribution < -0.4 is 0 Å². The highest BCUT2D eigenvalue weighted by molar-refractivity contribution is 7.80. The van der Waals surface area contributed by atoms with Crippen LogP contribution in [0, 0.1) is 0 Å². The molecule has 0 bridgehead atoms. The molecule has 0 spiro atoms. The third-order valence-corrected chi connectivity index (χ3v) is 5.43. The average Bonchev–Trinajstić information content (AvgIpc) is 2.92. The molecule has 0 aliphatic heterocycles. The summed E-state index contributed by atoms with van der Waals surface area (Å²) < 4.78 is 0. The lowest BCUT2D eigenvalue weighted by Gasteiger charge is -2.13. The fourth-order valence-corrected chi connectivity index (χ4v) is 4.14. The van der Waals surface area contributed by atoms with Crippen molar-refractivity contribution < 1.29 is 0 Å². The van der Waals surface area contributed by atoms with E-state index in [0.29, 0.717) is 5.92 Å². The summed E-state index contributed by atoms with van der Waals surface area (Å²) in [7, 11) is 0. The van der Waals surface area contributed by atoms with Gasteiger partial charge in [0.2, 0.25) is 0 Å². The van der Waals surface area contributed by atoms with Crippen LogP contribution in [0.3, 0.4) is 0 Å². The summed E-state index contributed by atoms with van der Waals surface area (Å²) in [6, 6.07) is 18.0. The van der Waals surface area contributed by atoms with E-state index in [1.807, 2.05) is 0 Å². The van der Waals surface area contributed by atoms with E-state index in [0.717, 1.165) is 5.75 Å². The lowest BCUT2D eigenvalue weighted by Crippen LogP contribution is -1.96. The summed E-state index contributed by atoms with van der Waals surface area (Å²) in [4.78, 5) is 0. The number of benzene rings is 2. The van der Waals surface area contributed by atoms with Gasteiger partial charge in [0.1, 0.15) is 0 Å². The Kier molecular flexibility index (Phi) is 6.21. The summed E-state index contributed by atoms with van der Waals surface area (Å²) >= 11 is 4.27. The third kappa shape index (κ3) is 4.01. The summed E-state index contributed by atoms with van der Waals surface area (Å²) in [5.41, 5.74) is 6.00. The zero-order chi connectivity index (χ0) is 15.9. The van der Waals surface area contributed by atoms with Crippen LogP contribution in [0.15, 0.2) is 48.5 Å². The average molecular weight is 325 g/mol. The summed E-state index contributed by atoms with van der Waals surface area (Å²) in [5.74, 6) is 1.66. The van der Waals surface area contributed by atoms with Gasteiger partial charge in [-0.25, -0.2) is 0 Å². The van der Waals surface area contributed by atoms with Gasteiger partial charge >= 0.3 is 0 Å². The number of hydrogen-bond acceptors (Lipinski definition) is 1. The van der Waals surface area contributed by atoms with E-state index in [4.69, 9.17) is 0 Å². The summed E-state index contributed by atoms with van der Waals surface area (Å²) in [6.07, 6.45) is 10.8. The van der Waals surface area contributed by atoms with Crippen molar-refractivity contribution in [2.75, 3.05) is 5.75 Å². The second-order valence-corrected chi connectivity index (χ2v) is 7.16. The largest absolute Gasteiger partial charge is 0.179 e. The number of thiol groups is 1. The molecule has 0 nitrogen and oxygen atoms in total. The minimum Gasteiger partial charge on any atom is -0.179 e. The zero-order valence-corrected chi connectivity index (χ0v) is 14.9. The van der Waals surface area contributed by atoms with E-state index < -0.39 is 0 Å². The first kappa shape index (κ1) is 16.6. The Morgan fingerprint density at radius 2 is 1.09 bits per heavy atom. The van der Waals surface area contributed by atoms with Gasteiger partial charge in [0, 0.05) is 5.92 Å². The van der Waals surface area contributed by atoms with Crippen LogP contribution in [-0.2, 0) is 0 Å². The Morgan fingerprint density at radius 1 is 0.609 bits per heavy atom. The van der Waals surface area contributed by atoms with Gasteiger partial charge < -0.3 is 0 Å². The van der Waals surface area contributed by atoms with Crippen molar-refractivity contribution in [3.05, 3.63) is 59.7 Å². The summed E-state index contributed by atoms with van der Waals surface area (Å²) in [5, 5.41) is 0. The minimum absolute atomic E-state index is 0.617. The van der Waals surface area contributed by atoms with E-state index >= 15 is 0 Å². The van der Waals surface area contributed by atoms with Gasteiger partial charge in [0.15, 0.2) is 0 Å². The minimum atomic E-state index is 0.617. The molecule has 3 rings (SSSR count). The number of fused-ring (bicyclic) bond motifs is 3. The molecule has 122 valence electrons. The monoisotopic (exact) mass is 324 g/mol. The fourth-order valence-electron chi connectivity index (χ4n) is 3.91. The predicted octanol–water partition coefficient (Wildman–Crippen LogP) is 6.85. The standard InChI is InChI=1S/C22H28S/c23-17-11-5-3-1-2-4-6-12-18-19-13-7-9-15-21(19)22-16-10-8-14-20(18)22/h7-10,13-16,18,23H,1-6,11-12,17H2. The third-order valence-electron chi connectivity index (χ3n) is 5.11. The topological polar surface area (TPSA) is 0 Å². The zero-order valence-electron chi connectivity index (χ0n) is 14.0. The van der Waals surface area contributed by atoms with Gasteiger partial charge in [0.05, 0.1) is 0 Å². The molecule has 2 aromatic rings. The van der Waals surface area contributed by atoms with E-state index in [1.54, 1.807) is 11.1 Å². The van der Waals surface area contributed by atoms with Gasteiger partial charge in [-0.05, 0) is 40.8 Å². The highest BCUT2D eigenvalue weighted by Crippen LogP contribution is 2.46. The molecule has 0 heterocycles. The van der Waals surface area contributed by atoms with Crippen molar-refractivity contribution in [1.82, 2.24) is 0 Å². The van der Waals surface area contributed by atoms with Gasteiger partial charge in [-0.3, -0.25) is 0 Å². The molecule has 1 aliphatic rings. The first-order chi connectivity index (χ1) is 11.4. The number of hydrogen-bond donors (Lipinski definition) is 1. The van der Waals surface area contributed by atoms with E-state index in [1.165, 1.54) is 62.5 Å². The normalized spacial score (nSPS) is 13.1. The molecule has 23 heavy (non-hydrogen) atoms. The number of unbranched alkanes of at least 4 members (excludes halogenated alkanes) is 6. The molecule has 0 saturated carbocycles. The SMILES string of the molecule is SCCCCCCCCCC1c2ccccc2-c2ccccc21. The molecular weight excluding hydrogens is 296 g/mol. The van der Waals surface area contributed by atoms with Crippen LogP contribution in [0.1, 0.15) is 68.4 Å². The molecule has 0 atom stereocenters. The molecular formula is C22H28S. The fraction of sp³-hybridized carbons (Fsp3) is 0.455. The Balaban J connectivity index is 1.52. The molecule has 1 heteroatoms. The Hall–Kier alpha value is -1.21. The van der Waals surface area contributed by atoms with E-state index in [2.05, 4.69) is 61.2 Å². The summed E-state index contributed by atoms with van der Waals surface area (Å²) in [6.45, 7) is 0. The van der Waals surface area contributed by atoms with Crippen molar-refractivity contribution in [3.63, 3.8) is 0 Å². The van der Waals surface area contributed by atoms with Gasteiger partial charge in [0.25, 0.3) is 0 Å². The lowest BCUT2D eigenvalue weighted by molar-refractivity contribution is 0.562. The van der Waals surface area contributed by atoms with Crippen molar-refractivity contribution >= 4 is 12.6 Å². The smallest absolute Gasteiger partial charge is 0.0102 e. The maximum Gasteiger partial charge on any atom is 0.0102 e. The first-order valence-corrected chi connectivity index (χ1v) is 9.84. The van der Waals surface area contributed by atoms with Crippen LogP contribution in [0.4, 0.5) is 0 Å². The van der Waals surface area contributed by atoms with Crippen LogP contribution in [0.25, 0.3) is 11.1 Å². The molecule has 1 aliphatic carbocycles. The maximum absolute atomic E-state index is 4.27. The van der Waals surface area contributed by atoms with Crippen molar-refractivity contribution in [3.8, 4) is 11.1 Å². The van der Waals surface area contributed by atoms with Crippen molar-refractivity contribution in [1.29, 1.82) is 0 Å². The second kappa shape index (κ2) is 8.59. The molecule has 2 aromatic carbocycles. The molecule has 0 N–H and O–H groups in total. The predicted molar refractivity (Wildman–Crippen MR) is 105 cm³/mol. The van der Waals surface area contributed by atoms with Gasteiger partial charge in [-0.2, -0.15) is 12.6 Å². The second-order valence-electron chi connectivity index (χ2n) is 6.71. The number of rotatable bonds is 9. The quantitative estimate of drug-likeness (QED) is 0.378. The molecule has 0 fully saturated rings. The molecule has 0 amide bonds. The van der Waals surface area contributed by atoms with Gasteiger partial charge in [-0.1, -0.05) is 87.1 Å². The first-order valence-electron chi connectivity index (χ1n) is 9.21. The highest BCUT2D eigenvalue weighted by atomic mass is 32.1. The Morgan fingerprint density at radius 3 is 1.65 bits per heavy atom. The van der Waals surface area contributed by atoms with Gasteiger partial charge in [-0.15, -0.1) is 0 Å². The van der Waals surface area contributed by atoms with Crippen LogP contribution in [0.5, 0.6) is 0 Å². The van der Waals surface area contributed by atoms with E-state index in [9.17, 15) is 0 Å². The lowest BCUT2D eigenvalue weighted by atomic mass is 9.91. The van der Waals surface area contributed by atoms with Crippen LogP contribution >= 0.6 is 12.6 Å². The van der Waals surface area contributed by atoms with Crippen LogP contribution in [-0.4, -0.2) is 5.75 Å². The van der Waals surface area contributed by atoms with Crippen molar-refractivity contribution in [2.24, 2.45) is 0 Å². The Labute approximate surface area is 146 Å². The Bertz CT molecular complexity index is 571. The molecule has 0 saturated heterocycles. The van der Waals surface area contributed by atoms with E-state index in [-0.39, 0.29) is 0 Å². The van der Waals surface area contributed by atoms with Crippen molar-refractivity contribution in [2.45, 2.75) is 57.3 Å². The molecule has 0 unspecified atom stereocenters. The maximum atomic E-state index is 4.27. The van der Waals surface area contributed by atoms with Crippen LogP contribution in [0.2, 0.25) is 0 Å².